The maximum absolute atomic E-state index is 8.74. The summed E-state index contributed by atoms with van der Waals surface area (Å²) in [5, 5.41) is 0. The summed E-state index contributed by atoms with van der Waals surface area (Å²) in [6.07, 6.45) is 0. The van der Waals surface area contributed by atoms with E-state index in [2.05, 4.69) is 0 Å². The smallest absolute Gasteiger partial charge is 0.511 e. The van der Waals surface area contributed by atoms with Gasteiger partial charge in [-0.1, -0.05) is 0 Å². The van der Waals surface area contributed by atoms with E-state index >= 15 is 0 Å². The summed E-state index contributed by atoms with van der Waals surface area (Å²) < 4.78 is 8.74. The second-order valence-corrected chi connectivity index (χ2v) is 0.848. The van der Waals surface area contributed by atoms with Crippen LogP contribution in [0.4, 0.5) is 0 Å². The van der Waals surface area contributed by atoms with Crippen LogP contribution in [-0.4, -0.2) is 41.8 Å². The molecule has 0 aromatic heterocycles. The Morgan fingerprint density at radius 2 is 1.40 bits per heavy atom. The van der Waals surface area contributed by atoms with E-state index in [1.54, 1.807) is 0 Å². The Labute approximate surface area is 46.7 Å². The third-order valence-corrected chi connectivity index (χ3v) is 0. The summed E-state index contributed by atoms with van der Waals surface area (Å²) in [6, 6.07) is 0. The Morgan fingerprint density at radius 1 is 1.40 bits per heavy atom. The summed E-state index contributed by atoms with van der Waals surface area (Å²) in [6.45, 7) is 0. The third kappa shape index (κ3) is 170. The lowest BCUT2D eigenvalue weighted by Crippen LogP contribution is -1.90. The van der Waals surface area contributed by atoms with Gasteiger partial charge in [-0.05, 0) is 0 Å². The van der Waals surface area contributed by atoms with Gasteiger partial charge >= 0.3 is 9.17 Å². The van der Waals surface area contributed by atoms with Gasteiger partial charge in [0.1, 0.15) is 0 Å². The molecule has 0 spiro atoms. The second-order valence-electron chi connectivity index (χ2n) is 0.283. The molecule has 0 aliphatic heterocycles. The molecular formula is H2MgO3Si. The fourth-order valence-electron chi connectivity index (χ4n) is 0. The molecule has 5 heavy (non-hydrogen) atoms. The van der Waals surface area contributed by atoms with Gasteiger partial charge in [-0.15, -0.1) is 0 Å². The van der Waals surface area contributed by atoms with Crippen molar-refractivity contribution < 1.29 is 14.1 Å². The molecule has 0 heterocycles. The first-order valence-electron chi connectivity index (χ1n) is 0.651. The lowest BCUT2D eigenvalue weighted by molar-refractivity contribution is 0.330. The molecule has 0 saturated heterocycles. The molecule has 0 aromatic rings. The minimum Gasteiger partial charge on any atom is -0.511 e. The fraction of sp³-hybridized carbons (Fsp3) is 0. The van der Waals surface area contributed by atoms with Gasteiger partial charge in [0, 0.05) is 23.1 Å². The largest absolute Gasteiger partial charge is 0.761 e. The lowest BCUT2D eigenvalue weighted by Gasteiger charge is -1.55. The van der Waals surface area contributed by atoms with Crippen LogP contribution in [0.2, 0.25) is 0 Å². The van der Waals surface area contributed by atoms with Crippen LogP contribution in [-0.2, 0) is 4.46 Å². The maximum atomic E-state index is 8.74. The molecule has 5 heteroatoms. The standard InChI is InChI=1S/Mg.H2O3Si/c;1-4(2)3/h;1-2H. The quantitative estimate of drug-likeness (QED) is 0.348. The highest BCUT2D eigenvalue weighted by molar-refractivity contribution is 6.22. The van der Waals surface area contributed by atoms with Crippen molar-refractivity contribution >= 4 is 32.2 Å². The van der Waals surface area contributed by atoms with Gasteiger partial charge in [0.15, 0.2) is 0 Å². The second kappa shape index (κ2) is 4.38. The van der Waals surface area contributed by atoms with Crippen molar-refractivity contribution in [1.82, 2.24) is 0 Å². The van der Waals surface area contributed by atoms with Crippen LogP contribution in [0.5, 0.6) is 0 Å². The van der Waals surface area contributed by atoms with Gasteiger partial charge in [0.2, 0.25) is 0 Å². The van der Waals surface area contributed by atoms with Gasteiger partial charge in [0.05, 0.1) is 0 Å². The van der Waals surface area contributed by atoms with Crippen LogP contribution in [0, 0.1) is 0 Å². The molecule has 0 amide bonds. The fourth-order valence-corrected chi connectivity index (χ4v) is 0. The van der Waals surface area contributed by atoms with Gasteiger partial charge in [-0.3, -0.25) is 4.46 Å². The summed E-state index contributed by atoms with van der Waals surface area (Å²) in [5.74, 6) is 0. The van der Waals surface area contributed by atoms with Gasteiger partial charge < -0.3 is 9.59 Å². The average molecular weight is 102 g/mol. The Hall–Kier alpha value is 0.383. The van der Waals surface area contributed by atoms with Gasteiger partial charge in [0.25, 0.3) is 0 Å². The molecule has 0 unspecified atom stereocenters. The molecule has 2 radical (unpaired) electrons. The van der Waals surface area contributed by atoms with E-state index in [1.807, 2.05) is 0 Å². The van der Waals surface area contributed by atoms with Crippen molar-refractivity contribution in [3.05, 3.63) is 0 Å². The molecule has 0 aliphatic carbocycles. The monoisotopic (exact) mass is 102 g/mol. The molecule has 0 bridgehead atoms. The zero-order valence-electron chi connectivity index (χ0n) is 2.51. The molecule has 0 aliphatic rings. The van der Waals surface area contributed by atoms with E-state index in [-0.39, 0.29) is 23.1 Å². The maximum Gasteiger partial charge on any atom is 0.761 e. The van der Waals surface area contributed by atoms with E-state index in [1.165, 1.54) is 0 Å². The van der Waals surface area contributed by atoms with Crippen molar-refractivity contribution in [2.45, 2.75) is 0 Å². The lowest BCUT2D eigenvalue weighted by atomic mass is 15.8. The number of hydrogen-bond donors (Lipinski definition) is 2. The first-order chi connectivity index (χ1) is 1.73. The zero-order valence-corrected chi connectivity index (χ0v) is 4.92. The molecule has 3 nitrogen and oxygen atoms in total. The van der Waals surface area contributed by atoms with Crippen LogP contribution in [0.1, 0.15) is 0 Å². The van der Waals surface area contributed by atoms with E-state index in [4.69, 9.17) is 14.1 Å². The minimum atomic E-state index is -3.13. The predicted molar refractivity (Wildman–Crippen MR) is 16.6 cm³/mol. The first-order valence-corrected chi connectivity index (χ1v) is 1.95. The normalized spacial score (nSPS) is 4.80. The minimum absolute atomic E-state index is 0. The highest BCUT2D eigenvalue weighted by Crippen LogP contribution is 1.27. The molecule has 0 atom stereocenters. The van der Waals surface area contributed by atoms with E-state index in [0.717, 1.165) is 0 Å². The summed E-state index contributed by atoms with van der Waals surface area (Å²) >= 11 is 0. The zero-order chi connectivity index (χ0) is 3.58. The van der Waals surface area contributed by atoms with Gasteiger partial charge in [-0.2, -0.15) is 0 Å². The Kier molecular flexibility index (Phi) is 7.92. The number of hydrogen-bond acceptors (Lipinski definition) is 1. The summed E-state index contributed by atoms with van der Waals surface area (Å²) in [4.78, 5) is 14.3. The van der Waals surface area contributed by atoms with Crippen molar-refractivity contribution in [3.63, 3.8) is 0 Å². The van der Waals surface area contributed by atoms with E-state index in [9.17, 15) is 0 Å². The SMILES string of the molecule is O=[Si](O)O.[Mg]. The first kappa shape index (κ1) is 9.04. The Balaban J connectivity index is 0. The van der Waals surface area contributed by atoms with Crippen molar-refractivity contribution in [2.24, 2.45) is 0 Å². The third-order valence-electron chi connectivity index (χ3n) is 0. The molecule has 0 fully saturated rings. The van der Waals surface area contributed by atoms with Crippen molar-refractivity contribution in [1.29, 1.82) is 0 Å². The van der Waals surface area contributed by atoms with E-state index in [0.29, 0.717) is 0 Å². The van der Waals surface area contributed by atoms with Crippen LogP contribution in [0.15, 0.2) is 0 Å². The van der Waals surface area contributed by atoms with Crippen molar-refractivity contribution in [2.75, 3.05) is 0 Å². The van der Waals surface area contributed by atoms with Crippen LogP contribution < -0.4 is 0 Å². The van der Waals surface area contributed by atoms with Crippen LogP contribution in [0.3, 0.4) is 0 Å². The molecule has 26 valence electrons. The highest BCUT2D eigenvalue weighted by atomic mass is 28.3. The predicted octanol–water partition coefficient (Wildman–Crippen LogP) is -1.99. The molecular weight excluding hydrogens is 100 g/mol. The molecule has 2 N–H and O–H groups in total. The van der Waals surface area contributed by atoms with Crippen LogP contribution in [0.25, 0.3) is 0 Å². The molecule has 0 aromatic carbocycles. The average Bonchev–Trinajstić information content (AvgIpc) is 0.811. The van der Waals surface area contributed by atoms with Gasteiger partial charge in [-0.25, -0.2) is 0 Å². The number of rotatable bonds is 0. The Morgan fingerprint density at radius 3 is 1.40 bits per heavy atom. The summed E-state index contributed by atoms with van der Waals surface area (Å²) in [7, 11) is -3.13. The van der Waals surface area contributed by atoms with E-state index < -0.39 is 9.17 Å². The summed E-state index contributed by atoms with van der Waals surface area (Å²) in [5.41, 5.74) is 0. The highest BCUT2D eigenvalue weighted by Gasteiger charge is 1.85. The van der Waals surface area contributed by atoms with Crippen LogP contribution >= 0.6 is 0 Å². The Bertz CT molecular complexity index is 29.9. The van der Waals surface area contributed by atoms with Crippen molar-refractivity contribution in [3.8, 4) is 0 Å². The topological polar surface area (TPSA) is 57.5 Å². The molecule has 0 rings (SSSR count). The molecule has 0 saturated carbocycles.